The Balaban J connectivity index is 2.44. The summed E-state index contributed by atoms with van der Waals surface area (Å²) in [6, 6.07) is 0.539. The van der Waals surface area contributed by atoms with E-state index in [4.69, 9.17) is 11.1 Å². The highest BCUT2D eigenvalue weighted by atomic mass is 15.0. The van der Waals surface area contributed by atoms with E-state index in [0.717, 1.165) is 12.8 Å². The molecule has 0 aromatic carbocycles. The molecule has 2 atom stereocenters. The largest absolute Gasteiger partial charge is 0.387 e. The Morgan fingerprint density at radius 2 is 2.00 bits per heavy atom. The molecule has 0 aromatic heterocycles. The summed E-state index contributed by atoms with van der Waals surface area (Å²) in [5, 5.41) is 11.1. The van der Waals surface area contributed by atoms with Gasteiger partial charge in [0.15, 0.2) is 0 Å². The summed E-state index contributed by atoms with van der Waals surface area (Å²) in [4.78, 5) is 0. The van der Waals surface area contributed by atoms with Crippen molar-refractivity contribution in [2.45, 2.75) is 58.0 Å². The van der Waals surface area contributed by atoms with Crippen molar-refractivity contribution in [3.63, 3.8) is 0 Å². The molecule has 0 saturated heterocycles. The molecule has 0 aliphatic heterocycles. The average Bonchev–Trinajstić information content (AvgIpc) is 2.01. The molecule has 14 heavy (non-hydrogen) atoms. The van der Waals surface area contributed by atoms with E-state index < -0.39 is 0 Å². The predicted octanol–water partition coefficient (Wildman–Crippen LogP) is 1.87. The second-order valence-electron chi connectivity index (χ2n) is 5.41. The minimum atomic E-state index is 0.170. The monoisotopic (exact) mass is 197 g/mol. The van der Waals surface area contributed by atoms with Gasteiger partial charge in [-0.3, -0.25) is 5.41 Å². The van der Waals surface area contributed by atoms with Crippen LogP contribution in [-0.4, -0.2) is 17.4 Å². The number of nitrogens with two attached hydrogens (primary N) is 1. The molecule has 3 nitrogen and oxygen atoms in total. The van der Waals surface area contributed by atoms with Crippen molar-refractivity contribution in [3.05, 3.63) is 0 Å². The molecule has 0 heterocycles. The summed E-state index contributed by atoms with van der Waals surface area (Å²) in [7, 11) is 0. The lowest BCUT2D eigenvalue weighted by Crippen LogP contribution is -2.47. The lowest BCUT2D eigenvalue weighted by Gasteiger charge is -2.34. The van der Waals surface area contributed by atoms with Crippen LogP contribution in [0.15, 0.2) is 0 Å². The topological polar surface area (TPSA) is 61.9 Å². The maximum atomic E-state index is 7.46. The van der Waals surface area contributed by atoms with E-state index in [9.17, 15) is 0 Å². The molecule has 4 N–H and O–H groups in total. The Labute approximate surface area is 87.0 Å². The lowest BCUT2D eigenvalue weighted by molar-refractivity contribution is 0.273. The Bertz CT molecular complexity index is 205. The smallest absolute Gasteiger partial charge is 0.0937 e. The summed E-state index contributed by atoms with van der Waals surface area (Å²) in [6.07, 6.45) is 4.54. The minimum absolute atomic E-state index is 0.170. The lowest BCUT2D eigenvalue weighted by atomic mass is 9.84. The van der Waals surface area contributed by atoms with E-state index in [0.29, 0.717) is 17.8 Å². The molecular formula is C11H23N3. The van der Waals surface area contributed by atoms with Gasteiger partial charge in [0.05, 0.1) is 5.84 Å². The molecule has 0 radical (unpaired) electrons. The van der Waals surface area contributed by atoms with Crippen LogP contribution in [0.1, 0.15) is 46.5 Å². The fourth-order valence-corrected chi connectivity index (χ4v) is 2.22. The van der Waals surface area contributed by atoms with Gasteiger partial charge in [-0.05, 0) is 40.0 Å². The maximum Gasteiger partial charge on any atom is 0.0937 e. The van der Waals surface area contributed by atoms with Gasteiger partial charge in [-0.25, -0.2) is 0 Å². The van der Waals surface area contributed by atoms with Crippen LogP contribution >= 0.6 is 0 Å². The molecule has 0 aromatic rings. The van der Waals surface area contributed by atoms with Crippen LogP contribution < -0.4 is 11.1 Å². The zero-order chi connectivity index (χ0) is 10.8. The van der Waals surface area contributed by atoms with Crippen molar-refractivity contribution >= 4 is 5.84 Å². The van der Waals surface area contributed by atoms with Gasteiger partial charge < -0.3 is 11.1 Å². The number of hydrogen-bond acceptors (Lipinski definition) is 2. The second kappa shape index (κ2) is 4.30. The molecule has 1 rings (SSSR count). The zero-order valence-corrected chi connectivity index (χ0v) is 9.56. The third-order valence-electron chi connectivity index (χ3n) is 2.75. The molecule has 1 fully saturated rings. The summed E-state index contributed by atoms with van der Waals surface area (Å²) >= 11 is 0. The Morgan fingerprint density at radius 1 is 1.36 bits per heavy atom. The van der Waals surface area contributed by atoms with Crippen molar-refractivity contribution in [2.24, 2.45) is 11.7 Å². The first kappa shape index (κ1) is 11.5. The van der Waals surface area contributed by atoms with E-state index in [2.05, 4.69) is 26.1 Å². The number of amidine groups is 1. The fraction of sp³-hybridized carbons (Fsp3) is 0.909. The zero-order valence-electron chi connectivity index (χ0n) is 9.56. The van der Waals surface area contributed by atoms with Gasteiger partial charge in [-0.2, -0.15) is 0 Å². The van der Waals surface area contributed by atoms with Gasteiger partial charge in [0.25, 0.3) is 0 Å². The van der Waals surface area contributed by atoms with Crippen LogP contribution in [0.5, 0.6) is 0 Å². The van der Waals surface area contributed by atoms with Crippen LogP contribution in [-0.2, 0) is 0 Å². The molecule has 1 aliphatic rings. The predicted molar refractivity (Wildman–Crippen MR) is 60.5 cm³/mol. The van der Waals surface area contributed by atoms with E-state index in [1.165, 1.54) is 12.8 Å². The second-order valence-corrected chi connectivity index (χ2v) is 5.41. The molecule has 82 valence electrons. The first-order valence-electron chi connectivity index (χ1n) is 5.50. The fourth-order valence-electron chi connectivity index (χ4n) is 2.22. The summed E-state index contributed by atoms with van der Waals surface area (Å²) < 4.78 is 0. The third-order valence-corrected chi connectivity index (χ3v) is 2.75. The normalized spacial score (nSPS) is 28.8. The van der Waals surface area contributed by atoms with Crippen molar-refractivity contribution < 1.29 is 0 Å². The van der Waals surface area contributed by atoms with E-state index in [-0.39, 0.29) is 5.54 Å². The van der Waals surface area contributed by atoms with Crippen LogP contribution in [0.2, 0.25) is 0 Å². The van der Waals surface area contributed by atoms with E-state index in [1.807, 2.05) is 0 Å². The first-order valence-corrected chi connectivity index (χ1v) is 5.50. The minimum Gasteiger partial charge on any atom is -0.387 e. The molecule has 0 bridgehead atoms. The highest BCUT2D eigenvalue weighted by Crippen LogP contribution is 2.25. The molecular weight excluding hydrogens is 174 g/mol. The average molecular weight is 197 g/mol. The summed E-state index contributed by atoms with van der Waals surface area (Å²) in [6.45, 7) is 6.55. The van der Waals surface area contributed by atoms with Crippen molar-refractivity contribution in [1.29, 1.82) is 5.41 Å². The van der Waals surface area contributed by atoms with Gasteiger partial charge >= 0.3 is 0 Å². The van der Waals surface area contributed by atoms with Crippen LogP contribution in [0.4, 0.5) is 0 Å². The van der Waals surface area contributed by atoms with Gasteiger partial charge in [-0.1, -0.05) is 6.42 Å². The number of hydrogen-bond donors (Lipinski definition) is 3. The SMILES string of the molecule is CC(C)(C)NC1CCCC(C(=N)N)C1. The molecule has 2 unspecified atom stereocenters. The van der Waals surface area contributed by atoms with Crippen LogP contribution in [0.3, 0.4) is 0 Å². The van der Waals surface area contributed by atoms with Crippen molar-refractivity contribution in [3.8, 4) is 0 Å². The van der Waals surface area contributed by atoms with E-state index in [1.54, 1.807) is 0 Å². The summed E-state index contributed by atoms with van der Waals surface area (Å²) in [5.41, 5.74) is 5.72. The summed E-state index contributed by atoms with van der Waals surface area (Å²) in [5.74, 6) is 0.675. The van der Waals surface area contributed by atoms with Crippen LogP contribution in [0.25, 0.3) is 0 Å². The maximum absolute atomic E-state index is 7.46. The Morgan fingerprint density at radius 3 is 2.50 bits per heavy atom. The van der Waals surface area contributed by atoms with E-state index >= 15 is 0 Å². The third kappa shape index (κ3) is 3.66. The standard InChI is InChI=1S/C11H23N3/c1-11(2,3)14-9-6-4-5-8(7-9)10(12)13/h8-9,14H,4-7H2,1-3H3,(H3,12,13). The van der Waals surface area contributed by atoms with Gasteiger partial charge in [-0.15, -0.1) is 0 Å². The Hall–Kier alpha value is -0.570. The highest BCUT2D eigenvalue weighted by molar-refractivity contribution is 5.79. The molecule has 0 amide bonds. The highest BCUT2D eigenvalue weighted by Gasteiger charge is 2.26. The quantitative estimate of drug-likeness (QED) is 0.467. The molecule has 3 heteroatoms. The first-order chi connectivity index (χ1) is 6.38. The molecule has 1 aliphatic carbocycles. The van der Waals surface area contributed by atoms with Crippen molar-refractivity contribution in [1.82, 2.24) is 5.32 Å². The number of rotatable bonds is 2. The molecule has 1 saturated carbocycles. The van der Waals surface area contributed by atoms with Gasteiger partial charge in [0.2, 0.25) is 0 Å². The molecule has 0 spiro atoms. The van der Waals surface area contributed by atoms with Crippen LogP contribution in [0, 0.1) is 11.3 Å². The Kier molecular flexibility index (Phi) is 3.53. The van der Waals surface area contributed by atoms with Gasteiger partial charge in [0, 0.05) is 17.5 Å². The van der Waals surface area contributed by atoms with Gasteiger partial charge in [0.1, 0.15) is 0 Å². The number of nitrogens with one attached hydrogen (secondary N) is 2. The van der Waals surface area contributed by atoms with Crippen molar-refractivity contribution in [2.75, 3.05) is 0 Å².